The van der Waals surface area contributed by atoms with Crippen LogP contribution in [0.4, 0.5) is 5.69 Å². The maximum Gasteiger partial charge on any atom is 0.249 e. The number of nitrogens with zero attached hydrogens (tertiary/aromatic N) is 1. The zero-order valence-electron chi connectivity index (χ0n) is 15.1. The van der Waals surface area contributed by atoms with Crippen LogP contribution in [0.5, 0.6) is 0 Å². The van der Waals surface area contributed by atoms with E-state index in [0.717, 1.165) is 11.3 Å². The van der Waals surface area contributed by atoms with Crippen LogP contribution >= 0.6 is 0 Å². The average molecular weight is 343 g/mol. The number of aryl methyl sites for hydroxylation is 1. The third kappa shape index (κ3) is 3.69. The number of hydroxylamine groups is 1. The van der Waals surface area contributed by atoms with Gasteiger partial charge in [0, 0.05) is 12.1 Å². The normalized spacial score (nSPS) is 23.4. The van der Waals surface area contributed by atoms with Gasteiger partial charge < -0.3 is 4.84 Å². The molecule has 0 saturated carbocycles. The summed E-state index contributed by atoms with van der Waals surface area (Å²) >= 11 is 0. The Labute approximate surface area is 148 Å². The summed E-state index contributed by atoms with van der Waals surface area (Å²) < 4.78 is 0. The predicted octanol–water partition coefficient (Wildman–Crippen LogP) is 2.40. The molecule has 0 bridgehead atoms. The molecule has 2 aliphatic heterocycles. The molecule has 1 fully saturated rings. The summed E-state index contributed by atoms with van der Waals surface area (Å²) in [5.74, 6) is 0.137. The maximum atomic E-state index is 12.7. The Morgan fingerprint density at radius 2 is 1.96 bits per heavy atom. The Bertz CT molecular complexity index is 704. The Balaban J connectivity index is 1.73. The third-order valence-corrected chi connectivity index (χ3v) is 4.62. The van der Waals surface area contributed by atoms with E-state index >= 15 is 0 Å². The molecule has 3 rings (SSSR count). The van der Waals surface area contributed by atoms with Gasteiger partial charge in [-0.15, -0.1) is 5.48 Å². The fourth-order valence-corrected chi connectivity index (χ4v) is 3.01. The topological polar surface area (TPSA) is 70.7 Å². The first kappa shape index (κ1) is 17.5. The minimum Gasteiger partial charge on any atom is -0.390 e. The van der Waals surface area contributed by atoms with E-state index in [9.17, 15) is 9.59 Å². The molecule has 134 valence electrons. The summed E-state index contributed by atoms with van der Waals surface area (Å²) in [6.07, 6.45) is 2.74. The molecule has 1 aromatic rings. The van der Waals surface area contributed by atoms with E-state index in [1.165, 1.54) is 0 Å². The second kappa shape index (κ2) is 6.52. The van der Waals surface area contributed by atoms with Gasteiger partial charge in [-0.3, -0.25) is 19.8 Å². The largest absolute Gasteiger partial charge is 0.390 e. The van der Waals surface area contributed by atoms with Gasteiger partial charge in [0.1, 0.15) is 6.04 Å². The monoisotopic (exact) mass is 343 g/mol. The van der Waals surface area contributed by atoms with Crippen molar-refractivity contribution in [1.29, 1.82) is 0 Å². The number of hydrogen-bond donors (Lipinski definition) is 2. The molecule has 1 unspecified atom stereocenters. The molecule has 25 heavy (non-hydrogen) atoms. The number of nitrogens with one attached hydrogen (secondary N) is 2. The summed E-state index contributed by atoms with van der Waals surface area (Å²) in [5, 5.41) is 2.80. The molecule has 1 aromatic carbocycles. The van der Waals surface area contributed by atoms with Crippen LogP contribution in [0.1, 0.15) is 39.2 Å². The highest BCUT2D eigenvalue weighted by Gasteiger charge is 2.38. The zero-order chi connectivity index (χ0) is 18.2. The highest BCUT2D eigenvalue weighted by atomic mass is 16.7. The lowest BCUT2D eigenvalue weighted by molar-refractivity contribution is -0.124. The number of anilines is 1. The second-order valence-electron chi connectivity index (χ2n) is 7.74. The Morgan fingerprint density at radius 3 is 2.56 bits per heavy atom. The summed E-state index contributed by atoms with van der Waals surface area (Å²) in [7, 11) is 0. The third-order valence-electron chi connectivity index (χ3n) is 4.62. The molecule has 1 saturated heterocycles. The van der Waals surface area contributed by atoms with E-state index in [2.05, 4.69) is 31.6 Å². The standard InChI is InChI=1S/C19H25N3O3/c1-12-5-7-13(8-6-12)22-14(9-10-17(22)23)18(24)20-16-11-15(21-25-16)19(2,3)4/h5-8,11,14-15,21H,9-10H2,1-4H3,(H,20,24)/t14-,15?/m0/s1. The summed E-state index contributed by atoms with van der Waals surface area (Å²) in [5.41, 5.74) is 4.75. The van der Waals surface area contributed by atoms with Crippen molar-refractivity contribution in [1.82, 2.24) is 10.8 Å². The van der Waals surface area contributed by atoms with Crippen LogP contribution in [0.15, 0.2) is 36.2 Å². The van der Waals surface area contributed by atoms with Gasteiger partial charge in [0.05, 0.1) is 6.04 Å². The van der Waals surface area contributed by atoms with Crippen LogP contribution in [0, 0.1) is 12.3 Å². The highest BCUT2D eigenvalue weighted by molar-refractivity contribution is 6.04. The lowest BCUT2D eigenvalue weighted by Crippen LogP contribution is -2.44. The van der Waals surface area contributed by atoms with Crippen molar-refractivity contribution < 1.29 is 14.4 Å². The van der Waals surface area contributed by atoms with Crippen LogP contribution in [0.2, 0.25) is 0 Å². The molecule has 6 nitrogen and oxygen atoms in total. The van der Waals surface area contributed by atoms with E-state index in [1.807, 2.05) is 37.3 Å². The van der Waals surface area contributed by atoms with Gasteiger partial charge in [0.2, 0.25) is 17.7 Å². The molecule has 0 spiro atoms. The quantitative estimate of drug-likeness (QED) is 0.884. The molecule has 2 heterocycles. The molecule has 2 N–H and O–H groups in total. The lowest BCUT2D eigenvalue weighted by Gasteiger charge is -2.24. The first-order chi connectivity index (χ1) is 11.8. The lowest BCUT2D eigenvalue weighted by atomic mass is 9.87. The van der Waals surface area contributed by atoms with Gasteiger partial charge in [0.15, 0.2) is 0 Å². The number of carbonyl (C=O) groups is 2. The molecule has 0 aromatic heterocycles. The molecule has 0 radical (unpaired) electrons. The van der Waals surface area contributed by atoms with Gasteiger partial charge in [-0.2, -0.15) is 0 Å². The van der Waals surface area contributed by atoms with Gasteiger partial charge in [-0.1, -0.05) is 38.5 Å². The van der Waals surface area contributed by atoms with E-state index in [-0.39, 0.29) is 23.3 Å². The fourth-order valence-electron chi connectivity index (χ4n) is 3.01. The van der Waals surface area contributed by atoms with Crippen molar-refractivity contribution in [2.45, 2.75) is 52.6 Å². The van der Waals surface area contributed by atoms with Gasteiger partial charge in [0.25, 0.3) is 0 Å². The van der Waals surface area contributed by atoms with Crippen molar-refractivity contribution >= 4 is 17.5 Å². The van der Waals surface area contributed by atoms with Crippen molar-refractivity contribution in [3.8, 4) is 0 Å². The number of carbonyl (C=O) groups excluding carboxylic acids is 2. The predicted molar refractivity (Wildman–Crippen MR) is 95.4 cm³/mol. The molecule has 2 amide bonds. The highest BCUT2D eigenvalue weighted by Crippen LogP contribution is 2.28. The second-order valence-corrected chi connectivity index (χ2v) is 7.74. The Hall–Kier alpha value is -2.34. The van der Waals surface area contributed by atoms with E-state index in [4.69, 9.17) is 4.84 Å². The first-order valence-electron chi connectivity index (χ1n) is 8.59. The minimum absolute atomic E-state index is 0.0150. The first-order valence-corrected chi connectivity index (χ1v) is 8.59. The molecule has 0 aliphatic carbocycles. The summed E-state index contributed by atoms with van der Waals surface area (Å²) in [4.78, 5) is 31.9. The fraction of sp³-hybridized carbons (Fsp3) is 0.474. The Kier molecular flexibility index (Phi) is 4.56. The van der Waals surface area contributed by atoms with Crippen LogP contribution in [0.3, 0.4) is 0 Å². The van der Waals surface area contributed by atoms with Crippen molar-refractivity contribution in [3.05, 3.63) is 41.8 Å². The molecular weight excluding hydrogens is 318 g/mol. The Morgan fingerprint density at radius 1 is 1.28 bits per heavy atom. The van der Waals surface area contributed by atoms with Crippen LogP contribution in [0.25, 0.3) is 0 Å². The van der Waals surface area contributed by atoms with Crippen LogP contribution in [-0.4, -0.2) is 23.9 Å². The SMILES string of the molecule is Cc1ccc(N2C(=O)CC[C@H]2C(=O)NC2=CC(C(C)(C)C)NO2)cc1. The van der Waals surface area contributed by atoms with Gasteiger partial charge in [-0.05, 0) is 37.0 Å². The number of rotatable bonds is 3. The number of benzene rings is 1. The van der Waals surface area contributed by atoms with Crippen molar-refractivity contribution in [3.63, 3.8) is 0 Å². The van der Waals surface area contributed by atoms with Crippen LogP contribution in [-0.2, 0) is 14.4 Å². The minimum atomic E-state index is -0.520. The van der Waals surface area contributed by atoms with Gasteiger partial charge >= 0.3 is 0 Å². The van der Waals surface area contributed by atoms with Gasteiger partial charge in [-0.25, -0.2) is 0 Å². The molecule has 6 heteroatoms. The molecule has 2 aliphatic rings. The van der Waals surface area contributed by atoms with E-state index < -0.39 is 6.04 Å². The summed E-state index contributed by atoms with van der Waals surface area (Å²) in [6.45, 7) is 8.25. The van der Waals surface area contributed by atoms with Crippen molar-refractivity contribution in [2.75, 3.05) is 4.90 Å². The van der Waals surface area contributed by atoms with Crippen molar-refractivity contribution in [2.24, 2.45) is 5.41 Å². The average Bonchev–Trinajstić information content (AvgIpc) is 3.15. The zero-order valence-corrected chi connectivity index (χ0v) is 15.1. The molecule has 2 atom stereocenters. The van der Waals surface area contributed by atoms with Crippen LogP contribution < -0.4 is 15.7 Å². The van der Waals surface area contributed by atoms with E-state index in [1.54, 1.807) is 4.90 Å². The number of amides is 2. The maximum absolute atomic E-state index is 12.7. The number of hydrogen-bond acceptors (Lipinski definition) is 4. The molecular formula is C19H25N3O3. The summed E-state index contributed by atoms with van der Waals surface area (Å²) in [6, 6.07) is 7.13. The van der Waals surface area contributed by atoms with E-state index in [0.29, 0.717) is 18.7 Å². The smallest absolute Gasteiger partial charge is 0.249 e.